The molecule has 0 aromatic heterocycles. The maximum Gasteiger partial charge on any atom is 0.126 e. The van der Waals surface area contributed by atoms with Crippen molar-refractivity contribution in [3.05, 3.63) is 35.1 Å². The molecule has 2 N–H and O–H groups in total. The number of hydrogen-bond acceptors (Lipinski definition) is 2. The topological polar surface area (TPSA) is 29.3 Å². The molecule has 1 saturated heterocycles. The van der Waals surface area contributed by atoms with Crippen LogP contribution in [0.15, 0.2) is 18.2 Å². The molecule has 1 aromatic carbocycles. The van der Waals surface area contributed by atoms with Crippen molar-refractivity contribution < 1.29 is 4.39 Å². The van der Waals surface area contributed by atoms with Crippen molar-refractivity contribution in [2.24, 2.45) is 5.73 Å². The van der Waals surface area contributed by atoms with Crippen molar-refractivity contribution in [3.8, 4) is 0 Å². The van der Waals surface area contributed by atoms with Gasteiger partial charge in [0.1, 0.15) is 5.82 Å². The molecular weight excluding hydrogens is 227 g/mol. The van der Waals surface area contributed by atoms with Crippen molar-refractivity contribution in [2.45, 2.75) is 45.2 Å². The first kappa shape index (κ1) is 13.5. The van der Waals surface area contributed by atoms with Gasteiger partial charge in [-0.2, -0.15) is 0 Å². The number of nitrogens with two attached hydrogens (primary N) is 1. The van der Waals surface area contributed by atoms with Crippen LogP contribution in [0.1, 0.15) is 43.9 Å². The molecule has 1 aliphatic rings. The molecule has 1 aromatic rings. The SMILES string of the molecule is Cc1ccc(C(CN)N2CCCC2(C)C)cc1F. The third-order valence-electron chi connectivity index (χ3n) is 4.15. The van der Waals surface area contributed by atoms with E-state index in [2.05, 4.69) is 18.7 Å². The van der Waals surface area contributed by atoms with E-state index in [1.165, 1.54) is 12.8 Å². The molecule has 0 amide bonds. The molecule has 0 radical (unpaired) electrons. The van der Waals surface area contributed by atoms with Gasteiger partial charge in [0.25, 0.3) is 0 Å². The molecular formula is C15H23FN2. The van der Waals surface area contributed by atoms with Gasteiger partial charge in [0, 0.05) is 18.1 Å². The molecule has 2 nitrogen and oxygen atoms in total. The third-order valence-corrected chi connectivity index (χ3v) is 4.15. The summed E-state index contributed by atoms with van der Waals surface area (Å²) < 4.78 is 13.7. The second kappa shape index (κ2) is 4.98. The average molecular weight is 250 g/mol. The van der Waals surface area contributed by atoms with Gasteiger partial charge in [0.05, 0.1) is 0 Å². The van der Waals surface area contributed by atoms with Gasteiger partial charge in [0.2, 0.25) is 0 Å². The van der Waals surface area contributed by atoms with E-state index in [1.54, 1.807) is 13.0 Å². The van der Waals surface area contributed by atoms with Crippen LogP contribution < -0.4 is 5.73 Å². The summed E-state index contributed by atoms with van der Waals surface area (Å²) in [6.07, 6.45) is 2.37. The predicted molar refractivity (Wildman–Crippen MR) is 73.0 cm³/mol. The second-order valence-electron chi connectivity index (χ2n) is 5.87. The molecule has 1 unspecified atom stereocenters. The highest BCUT2D eigenvalue weighted by atomic mass is 19.1. The van der Waals surface area contributed by atoms with Gasteiger partial charge in [-0.05, 0) is 57.4 Å². The largest absolute Gasteiger partial charge is 0.329 e. The van der Waals surface area contributed by atoms with Crippen LogP contribution in [-0.4, -0.2) is 23.5 Å². The maximum absolute atomic E-state index is 13.7. The summed E-state index contributed by atoms with van der Waals surface area (Å²) in [7, 11) is 0. The van der Waals surface area contributed by atoms with Crippen molar-refractivity contribution in [2.75, 3.05) is 13.1 Å². The van der Waals surface area contributed by atoms with Crippen LogP contribution in [0.3, 0.4) is 0 Å². The Morgan fingerprint density at radius 3 is 2.67 bits per heavy atom. The highest BCUT2D eigenvalue weighted by Gasteiger charge is 2.36. The third kappa shape index (κ3) is 2.43. The van der Waals surface area contributed by atoms with Gasteiger partial charge in [-0.3, -0.25) is 4.90 Å². The molecule has 1 heterocycles. The van der Waals surface area contributed by atoms with Crippen molar-refractivity contribution in [3.63, 3.8) is 0 Å². The number of likely N-dealkylation sites (tertiary alicyclic amines) is 1. The van der Waals surface area contributed by atoms with E-state index in [9.17, 15) is 4.39 Å². The lowest BCUT2D eigenvalue weighted by molar-refractivity contribution is 0.119. The molecule has 0 spiro atoms. The van der Waals surface area contributed by atoms with E-state index in [-0.39, 0.29) is 17.4 Å². The summed E-state index contributed by atoms with van der Waals surface area (Å²) in [5.41, 5.74) is 7.77. The number of aryl methyl sites for hydroxylation is 1. The van der Waals surface area contributed by atoms with E-state index in [0.29, 0.717) is 12.1 Å². The van der Waals surface area contributed by atoms with Crippen LogP contribution in [0.5, 0.6) is 0 Å². The molecule has 0 bridgehead atoms. The smallest absolute Gasteiger partial charge is 0.126 e. The van der Waals surface area contributed by atoms with Crippen LogP contribution in [-0.2, 0) is 0 Å². The van der Waals surface area contributed by atoms with Gasteiger partial charge in [0.15, 0.2) is 0 Å². The Morgan fingerprint density at radius 2 is 2.17 bits per heavy atom. The summed E-state index contributed by atoms with van der Waals surface area (Å²) in [5, 5.41) is 0. The number of rotatable bonds is 3. The molecule has 100 valence electrons. The minimum atomic E-state index is -0.136. The number of halogens is 1. The van der Waals surface area contributed by atoms with Crippen molar-refractivity contribution in [1.82, 2.24) is 4.90 Å². The first-order valence-electron chi connectivity index (χ1n) is 6.68. The minimum Gasteiger partial charge on any atom is -0.329 e. The summed E-state index contributed by atoms with van der Waals surface area (Å²) >= 11 is 0. The van der Waals surface area contributed by atoms with E-state index in [0.717, 1.165) is 12.1 Å². The van der Waals surface area contributed by atoms with E-state index >= 15 is 0 Å². The zero-order chi connectivity index (χ0) is 13.3. The molecule has 1 fully saturated rings. The first-order valence-corrected chi connectivity index (χ1v) is 6.68. The molecule has 2 rings (SSSR count). The Bertz CT molecular complexity index is 429. The summed E-state index contributed by atoms with van der Waals surface area (Å²) in [6.45, 7) is 7.85. The van der Waals surface area contributed by atoms with Gasteiger partial charge >= 0.3 is 0 Å². The fourth-order valence-electron chi connectivity index (χ4n) is 2.97. The Hall–Kier alpha value is -0.930. The Balaban J connectivity index is 2.30. The van der Waals surface area contributed by atoms with Crippen LogP contribution in [0.4, 0.5) is 4.39 Å². The Kier molecular flexibility index (Phi) is 3.74. The zero-order valence-electron chi connectivity index (χ0n) is 11.5. The van der Waals surface area contributed by atoms with Crippen molar-refractivity contribution >= 4 is 0 Å². The van der Waals surface area contributed by atoms with Gasteiger partial charge < -0.3 is 5.73 Å². The normalized spacial score (nSPS) is 21.2. The Morgan fingerprint density at radius 1 is 1.44 bits per heavy atom. The molecule has 1 aliphatic heterocycles. The predicted octanol–water partition coefficient (Wildman–Crippen LogP) is 3.01. The number of benzene rings is 1. The van der Waals surface area contributed by atoms with Gasteiger partial charge in [-0.25, -0.2) is 4.39 Å². The lowest BCUT2D eigenvalue weighted by Gasteiger charge is -2.38. The average Bonchev–Trinajstić information content (AvgIpc) is 2.65. The molecule has 1 atom stereocenters. The summed E-state index contributed by atoms with van der Waals surface area (Å²) in [6, 6.07) is 5.61. The fourth-order valence-corrected chi connectivity index (χ4v) is 2.97. The highest BCUT2D eigenvalue weighted by Crippen LogP contribution is 2.36. The lowest BCUT2D eigenvalue weighted by Crippen LogP contribution is -2.43. The fraction of sp³-hybridized carbons (Fsp3) is 0.600. The lowest BCUT2D eigenvalue weighted by atomic mass is 9.97. The minimum absolute atomic E-state index is 0.123. The van der Waals surface area contributed by atoms with Crippen LogP contribution in [0.2, 0.25) is 0 Å². The van der Waals surface area contributed by atoms with Crippen LogP contribution in [0, 0.1) is 12.7 Å². The number of hydrogen-bond donors (Lipinski definition) is 1. The van der Waals surface area contributed by atoms with Crippen LogP contribution in [0.25, 0.3) is 0 Å². The summed E-state index contributed by atoms with van der Waals surface area (Å²) in [5.74, 6) is -0.136. The maximum atomic E-state index is 13.7. The second-order valence-corrected chi connectivity index (χ2v) is 5.87. The number of nitrogens with zero attached hydrogens (tertiary/aromatic N) is 1. The molecule has 3 heteroatoms. The van der Waals surface area contributed by atoms with Crippen LogP contribution >= 0.6 is 0 Å². The molecule has 18 heavy (non-hydrogen) atoms. The van der Waals surface area contributed by atoms with E-state index < -0.39 is 0 Å². The monoisotopic (exact) mass is 250 g/mol. The first-order chi connectivity index (χ1) is 8.45. The van der Waals surface area contributed by atoms with Gasteiger partial charge in [-0.1, -0.05) is 12.1 Å². The standard InChI is InChI=1S/C15H23FN2/c1-11-5-6-12(9-13(11)16)14(10-17)18-8-4-7-15(18,2)3/h5-6,9,14H,4,7-8,10,17H2,1-3H3. The van der Waals surface area contributed by atoms with E-state index in [4.69, 9.17) is 5.73 Å². The zero-order valence-corrected chi connectivity index (χ0v) is 11.5. The highest BCUT2D eigenvalue weighted by molar-refractivity contribution is 5.26. The summed E-state index contributed by atoms with van der Waals surface area (Å²) in [4.78, 5) is 2.41. The quantitative estimate of drug-likeness (QED) is 0.893. The Labute approximate surface area is 109 Å². The van der Waals surface area contributed by atoms with E-state index in [1.807, 2.05) is 12.1 Å². The van der Waals surface area contributed by atoms with Gasteiger partial charge in [-0.15, -0.1) is 0 Å². The molecule has 0 saturated carbocycles. The van der Waals surface area contributed by atoms with Crippen molar-refractivity contribution in [1.29, 1.82) is 0 Å². The molecule has 0 aliphatic carbocycles.